The number of aliphatic hydroxyl groups is 2. The summed E-state index contributed by atoms with van der Waals surface area (Å²) in [6.45, 7) is 11.5. The average molecular weight is 439 g/mol. The van der Waals surface area contributed by atoms with Gasteiger partial charge in [0, 0.05) is 6.42 Å². The predicted molar refractivity (Wildman–Crippen MR) is 134 cm³/mol. The van der Waals surface area contributed by atoms with E-state index >= 15 is 0 Å². The molecule has 4 aliphatic carbocycles. The van der Waals surface area contributed by atoms with Crippen LogP contribution < -0.4 is 0 Å². The third-order valence-electron chi connectivity index (χ3n) is 9.99. The van der Waals surface area contributed by atoms with E-state index in [0.717, 1.165) is 17.1 Å². The van der Waals surface area contributed by atoms with Crippen molar-refractivity contribution in [3.63, 3.8) is 0 Å². The Morgan fingerprint density at radius 1 is 1.09 bits per heavy atom. The standard InChI is InChI=1S/C30H46O2/c1-5-30(16-6-7-17-30)18-14-21(2)26-12-13-27-23(9-8-15-29(26,27)4)10-11-24-19-25(31)20-28(32)22(24)3/h10-11,14,18,21,25-28,31-32H,3,5-9,12-13,15-17,19-20H2,1-2,4H3/b18-14+,23-10+,24-11-/t21-,25-,26?,27?,28+,29?/m1/s1. The lowest BCUT2D eigenvalue weighted by molar-refractivity contribution is 0.0862. The van der Waals surface area contributed by atoms with Crippen molar-refractivity contribution in [1.82, 2.24) is 0 Å². The van der Waals surface area contributed by atoms with E-state index in [1.165, 1.54) is 64.2 Å². The molecule has 0 saturated heterocycles. The van der Waals surface area contributed by atoms with Gasteiger partial charge in [-0.2, -0.15) is 0 Å². The first kappa shape index (κ1) is 24.0. The molecule has 2 nitrogen and oxygen atoms in total. The van der Waals surface area contributed by atoms with Crippen LogP contribution in [-0.4, -0.2) is 22.4 Å². The Kier molecular flexibility index (Phi) is 7.23. The van der Waals surface area contributed by atoms with Crippen LogP contribution in [0, 0.1) is 28.6 Å². The highest BCUT2D eigenvalue weighted by molar-refractivity contribution is 5.38. The van der Waals surface area contributed by atoms with Gasteiger partial charge in [-0.1, -0.05) is 70.1 Å². The van der Waals surface area contributed by atoms with Crippen LogP contribution in [0.1, 0.15) is 97.8 Å². The summed E-state index contributed by atoms with van der Waals surface area (Å²) < 4.78 is 0. The largest absolute Gasteiger partial charge is 0.393 e. The summed E-state index contributed by atoms with van der Waals surface area (Å²) in [5.74, 6) is 2.09. The highest BCUT2D eigenvalue weighted by atomic mass is 16.3. The minimum atomic E-state index is -0.602. The van der Waals surface area contributed by atoms with Crippen molar-refractivity contribution in [2.45, 2.75) is 110 Å². The van der Waals surface area contributed by atoms with Gasteiger partial charge in [0.15, 0.2) is 0 Å². The van der Waals surface area contributed by atoms with Crippen molar-refractivity contribution in [3.8, 4) is 0 Å². The molecule has 4 fully saturated rings. The predicted octanol–water partition coefficient (Wildman–Crippen LogP) is 7.29. The molecule has 0 spiro atoms. The second kappa shape index (κ2) is 9.63. The molecule has 2 heteroatoms. The maximum Gasteiger partial charge on any atom is 0.0811 e. The topological polar surface area (TPSA) is 40.5 Å². The van der Waals surface area contributed by atoms with Gasteiger partial charge in [-0.15, -0.1) is 0 Å². The Morgan fingerprint density at radius 3 is 2.56 bits per heavy atom. The van der Waals surface area contributed by atoms with Gasteiger partial charge in [0.2, 0.25) is 0 Å². The minimum Gasteiger partial charge on any atom is -0.393 e. The van der Waals surface area contributed by atoms with Crippen LogP contribution in [0.25, 0.3) is 0 Å². The monoisotopic (exact) mass is 438 g/mol. The Labute approximate surface area is 196 Å². The molecular formula is C30H46O2. The number of hydrogen-bond donors (Lipinski definition) is 2. The van der Waals surface area contributed by atoms with Gasteiger partial charge in [-0.3, -0.25) is 0 Å². The Balaban J connectivity index is 1.50. The van der Waals surface area contributed by atoms with Gasteiger partial charge in [0.25, 0.3) is 0 Å². The van der Waals surface area contributed by atoms with Gasteiger partial charge in [-0.05, 0) is 97.5 Å². The normalized spacial score (nSPS) is 41.0. The summed E-state index contributed by atoms with van der Waals surface area (Å²) in [7, 11) is 0. The lowest BCUT2D eigenvalue weighted by Crippen LogP contribution is -2.35. The van der Waals surface area contributed by atoms with Crippen LogP contribution in [0.4, 0.5) is 0 Å². The number of fused-ring (bicyclic) bond motifs is 1. The molecule has 4 aliphatic rings. The second-order valence-electron chi connectivity index (χ2n) is 11.8. The Bertz CT molecular complexity index is 781. The maximum absolute atomic E-state index is 10.2. The third kappa shape index (κ3) is 4.60. The fraction of sp³-hybridized carbons (Fsp3) is 0.733. The fourth-order valence-electron chi connectivity index (χ4n) is 7.82. The van der Waals surface area contributed by atoms with Crippen LogP contribution in [0.3, 0.4) is 0 Å². The fourth-order valence-corrected chi connectivity index (χ4v) is 7.82. The van der Waals surface area contributed by atoms with E-state index in [0.29, 0.717) is 35.5 Å². The summed E-state index contributed by atoms with van der Waals surface area (Å²) in [5, 5.41) is 20.3. The highest BCUT2D eigenvalue weighted by Crippen LogP contribution is 2.59. The number of aliphatic hydroxyl groups excluding tert-OH is 2. The molecule has 6 atom stereocenters. The summed E-state index contributed by atoms with van der Waals surface area (Å²) in [4.78, 5) is 0. The first-order valence-corrected chi connectivity index (χ1v) is 13.4. The van der Waals surface area contributed by atoms with E-state index in [2.05, 4.69) is 51.7 Å². The van der Waals surface area contributed by atoms with Crippen LogP contribution >= 0.6 is 0 Å². The molecule has 0 aromatic carbocycles. The Morgan fingerprint density at radius 2 is 1.84 bits per heavy atom. The minimum absolute atomic E-state index is 0.393. The van der Waals surface area contributed by atoms with Gasteiger partial charge in [0.1, 0.15) is 0 Å². The molecule has 32 heavy (non-hydrogen) atoms. The lowest BCUT2D eigenvalue weighted by Gasteiger charge is -2.44. The zero-order valence-electron chi connectivity index (χ0n) is 20.8. The van der Waals surface area contributed by atoms with Crippen LogP contribution in [0.5, 0.6) is 0 Å². The molecule has 4 rings (SSSR count). The number of rotatable bonds is 5. The van der Waals surface area contributed by atoms with Gasteiger partial charge >= 0.3 is 0 Å². The number of hydrogen-bond acceptors (Lipinski definition) is 2. The van der Waals surface area contributed by atoms with Crippen LogP contribution in [-0.2, 0) is 0 Å². The van der Waals surface area contributed by atoms with E-state index in [-0.39, 0.29) is 0 Å². The van der Waals surface area contributed by atoms with Crippen molar-refractivity contribution in [3.05, 3.63) is 47.6 Å². The van der Waals surface area contributed by atoms with Gasteiger partial charge in [-0.25, -0.2) is 0 Å². The molecule has 0 radical (unpaired) electrons. The van der Waals surface area contributed by atoms with E-state index in [1.54, 1.807) is 5.57 Å². The van der Waals surface area contributed by atoms with Gasteiger partial charge < -0.3 is 10.2 Å². The average Bonchev–Trinajstić information content (AvgIpc) is 3.38. The number of allylic oxidation sites excluding steroid dienone is 5. The van der Waals surface area contributed by atoms with E-state index < -0.39 is 12.2 Å². The molecule has 0 heterocycles. The quantitative estimate of drug-likeness (QED) is 0.442. The first-order valence-electron chi connectivity index (χ1n) is 13.4. The maximum atomic E-state index is 10.2. The molecule has 0 amide bonds. The van der Waals surface area contributed by atoms with E-state index in [1.807, 2.05) is 0 Å². The first-order chi connectivity index (χ1) is 15.3. The summed E-state index contributed by atoms with van der Waals surface area (Å²) in [6.07, 6.45) is 23.0. The molecular weight excluding hydrogens is 392 g/mol. The smallest absolute Gasteiger partial charge is 0.0811 e. The van der Waals surface area contributed by atoms with E-state index in [9.17, 15) is 10.2 Å². The summed E-state index contributed by atoms with van der Waals surface area (Å²) in [5.41, 5.74) is 4.29. The van der Waals surface area contributed by atoms with Crippen molar-refractivity contribution >= 4 is 0 Å². The summed E-state index contributed by atoms with van der Waals surface area (Å²) >= 11 is 0. The third-order valence-corrected chi connectivity index (χ3v) is 9.99. The molecule has 0 aromatic heterocycles. The zero-order chi connectivity index (χ0) is 22.9. The van der Waals surface area contributed by atoms with Crippen molar-refractivity contribution in [1.29, 1.82) is 0 Å². The van der Waals surface area contributed by atoms with Crippen LogP contribution in [0.2, 0.25) is 0 Å². The molecule has 178 valence electrons. The van der Waals surface area contributed by atoms with Crippen LogP contribution in [0.15, 0.2) is 47.6 Å². The molecule has 0 aliphatic heterocycles. The van der Waals surface area contributed by atoms with E-state index in [4.69, 9.17) is 0 Å². The van der Waals surface area contributed by atoms with Crippen molar-refractivity contribution < 1.29 is 10.2 Å². The van der Waals surface area contributed by atoms with Gasteiger partial charge in [0.05, 0.1) is 12.2 Å². The highest BCUT2D eigenvalue weighted by Gasteiger charge is 2.50. The molecule has 2 N–H and O–H groups in total. The lowest BCUT2D eigenvalue weighted by atomic mass is 9.61. The zero-order valence-corrected chi connectivity index (χ0v) is 20.8. The SMILES string of the molecule is C=C1/C(=C\C=C2/CCCC3(C)C2CCC3[C@H](C)/C=C/C2(CC)CCCC2)C[C@@H](O)C[C@@H]1O. The summed E-state index contributed by atoms with van der Waals surface area (Å²) in [6, 6.07) is 0. The molecule has 0 bridgehead atoms. The molecule has 4 saturated carbocycles. The Hall–Kier alpha value is -1.12. The second-order valence-corrected chi connectivity index (χ2v) is 11.8. The van der Waals surface area contributed by atoms with Crippen molar-refractivity contribution in [2.75, 3.05) is 0 Å². The van der Waals surface area contributed by atoms with Crippen molar-refractivity contribution in [2.24, 2.45) is 28.6 Å². The molecule has 3 unspecified atom stereocenters. The molecule has 0 aromatic rings.